The number of ether oxygens (including phenoxy) is 1. The molecule has 2 aromatic rings. The molecule has 19 heavy (non-hydrogen) atoms. The zero-order valence-corrected chi connectivity index (χ0v) is 12.7. The summed E-state index contributed by atoms with van der Waals surface area (Å²) in [4.78, 5) is 0. The molecule has 1 unspecified atom stereocenters. The van der Waals surface area contributed by atoms with Crippen molar-refractivity contribution in [3.8, 4) is 11.5 Å². The van der Waals surface area contributed by atoms with Crippen LogP contribution >= 0.6 is 15.9 Å². The fourth-order valence-corrected chi connectivity index (χ4v) is 2.14. The van der Waals surface area contributed by atoms with Crippen LogP contribution in [0.4, 0.5) is 0 Å². The molecule has 0 aliphatic carbocycles. The van der Waals surface area contributed by atoms with Gasteiger partial charge < -0.3 is 10.5 Å². The van der Waals surface area contributed by atoms with Crippen molar-refractivity contribution in [3.63, 3.8) is 0 Å². The Hall–Kier alpha value is -1.33. The largest absolute Gasteiger partial charge is 0.454 e. The van der Waals surface area contributed by atoms with Gasteiger partial charge in [0.25, 0.3) is 0 Å². The van der Waals surface area contributed by atoms with Gasteiger partial charge in [0.1, 0.15) is 5.75 Å². The molecule has 2 N–H and O–H groups in total. The Balaban J connectivity index is 2.24. The molecule has 0 fully saturated rings. The minimum absolute atomic E-state index is 0.150. The number of hydrogen-bond donors (Lipinski definition) is 1. The van der Waals surface area contributed by atoms with Gasteiger partial charge in [-0.05, 0) is 30.5 Å². The van der Waals surface area contributed by atoms with Gasteiger partial charge in [-0.25, -0.2) is 0 Å². The van der Waals surface area contributed by atoms with Gasteiger partial charge in [0.05, 0.1) is 12.4 Å². The number of rotatable bonds is 5. The highest BCUT2D eigenvalue weighted by molar-refractivity contribution is 9.10. The summed E-state index contributed by atoms with van der Waals surface area (Å²) >= 11 is 3.47. The van der Waals surface area contributed by atoms with Crippen molar-refractivity contribution in [1.82, 2.24) is 9.78 Å². The molecule has 2 rings (SSSR count). The van der Waals surface area contributed by atoms with Crippen LogP contribution in [0.15, 0.2) is 35.1 Å². The average Bonchev–Trinajstić information content (AvgIpc) is 2.78. The molecule has 102 valence electrons. The average molecular weight is 324 g/mol. The summed E-state index contributed by atoms with van der Waals surface area (Å²) < 4.78 is 8.59. The van der Waals surface area contributed by atoms with Gasteiger partial charge in [-0.1, -0.05) is 28.9 Å². The number of aryl methyl sites for hydroxylation is 1. The second-order valence-electron chi connectivity index (χ2n) is 4.58. The van der Waals surface area contributed by atoms with E-state index < -0.39 is 0 Å². The van der Waals surface area contributed by atoms with Crippen molar-refractivity contribution < 1.29 is 4.74 Å². The van der Waals surface area contributed by atoms with Crippen LogP contribution in [0.1, 0.15) is 18.9 Å². The summed E-state index contributed by atoms with van der Waals surface area (Å²) in [5, 5.41) is 4.10. The molecule has 1 heterocycles. The summed E-state index contributed by atoms with van der Waals surface area (Å²) in [6.45, 7) is 2.09. The fourth-order valence-electron chi connectivity index (χ4n) is 1.80. The van der Waals surface area contributed by atoms with E-state index >= 15 is 0 Å². The van der Waals surface area contributed by atoms with Gasteiger partial charge in [0.2, 0.25) is 0 Å². The maximum absolute atomic E-state index is 6.03. The Labute approximate surface area is 121 Å². The normalized spacial score (nSPS) is 12.4. The summed E-state index contributed by atoms with van der Waals surface area (Å²) in [5.74, 6) is 1.55. The van der Waals surface area contributed by atoms with E-state index in [-0.39, 0.29) is 6.04 Å². The van der Waals surface area contributed by atoms with E-state index in [4.69, 9.17) is 10.5 Å². The predicted molar refractivity (Wildman–Crippen MR) is 79.4 cm³/mol. The first kappa shape index (κ1) is 14.1. The zero-order chi connectivity index (χ0) is 13.8. The molecule has 0 aliphatic rings. The maximum atomic E-state index is 6.03. The highest BCUT2D eigenvalue weighted by atomic mass is 79.9. The van der Waals surface area contributed by atoms with Crippen molar-refractivity contribution >= 4 is 15.9 Å². The molecule has 1 aromatic carbocycles. The summed E-state index contributed by atoms with van der Waals surface area (Å²) in [7, 11) is 1.86. The molecular weight excluding hydrogens is 306 g/mol. The van der Waals surface area contributed by atoms with Crippen LogP contribution in [-0.2, 0) is 13.5 Å². The monoisotopic (exact) mass is 323 g/mol. The summed E-state index contributed by atoms with van der Waals surface area (Å²) in [6.07, 6.45) is 5.29. The Morgan fingerprint density at radius 3 is 2.89 bits per heavy atom. The molecule has 0 amide bonds. The van der Waals surface area contributed by atoms with Gasteiger partial charge in [0.15, 0.2) is 5.75 Å². The van der Waals surface area contributed by atoms with Gasteiger partial charge in [-0.15, -0.1) is 0 Å². The minimum Gasteiger partial charge on any atom is -0.454 e. The first-order valence-electron chi connectivity index (χ1n) is 6.29. The number of aromatic nitrogens is 2. The minimum atomic E-state index is 0.150. The molecule has 0 bridgehead atoms. The third-order valence-corrected chi connectivity index (χ3v) is 3.44. The van der Waals surface area contributed by atoms with Crippen LogP contribution in [0, 0.1) is 0 Å². The first-order chi connectivity index (χ1) is 9.08. The van der Waals surface area contributed by atoms with Crippen molar-refractivity contribution in [3.05, 3.63) is 40.6 Å². The molecule has 0 spiro atoms. The molecule has 0 aliphatic heterocycles. The number of hydrogen-bond acceptors (Lipinski definition) is 3. The molecule has 4 nitrogen and oxygen atoms in total. The number of benzene rings is 1. The lowest BCUT2D eigenvalue weighted by atomic mass is 10.0. The molecule has 0 saturated carbocycles. The van der Waals surface area contributed by atoms with Crippen LogP contribution in [0.3, 0.4) is 0 Å². The van der Waals surface area contributed by atoms with Crippen molar-refractivity contribution in [2.75, 3.05) is 0 Å². The lowest BCUT2D eigenvalue weighted by molar-refractivity contribution is 0.471. The third kappa shape index (κ3) is 3.81. The number of nitrogens with zero attached hydrogens (tertiary/aromatic N) is 2. The molecule has 1 aromatic heterocycles. The molecule has 5 heteroatoms. The SMILES string of the molecule is CCC(N)Cc1ccc(Br)cc1Oc1cnn(C)c1. The highest BCUT2D eigenvalue weighted by Gasteiger charge is 2.10. The molecule has 0 saturated heterocycles. The fraction of sp³-hybridized carbons (Fsp3) is 0.357. The lowest BCUT2D eigenvalue weighted by Gasteiger charge is -2.13. The van der Waals surface area contributed by atoms with Crippen LogP contribution in [-0.4, -0.2) is 15.8 Å². The van der Waals surface area contributed by atoms with E-state index in [1.165, 1.54) is 0 Å². The maximum Gasteiger partial charge on any atom is 0.165 e. The Morgan fingerprint density at radius 2 is 2.26 bits per heavy atom. The van der Waals surface area contributed by atoms with Gasteiger partial charge >= 0.3 is 0 Å². The topological polar surface area (TPSA) is 53.1 Å². The molecular formula is C14H18BrN3O. The van der Waals surface area contributed by atoms with Gasteiger partial charge in [-0.2, -0.15) is 5.10 Å². The van der Waals surface area contributed by atoms with Crippen molar-refractivity contribution in [1.29, 1.82) is 0 Å². The lowest BCUT2D eigenvalue weighted by Crippen LogP contribution is -2.21. The van der Waals surface area contributed by atoms with Crippen LogP contribution in [0.25, 0.3) is 0 Å². The molecule has 1 atom stereocenters. The van der Waals surface area contributed by atoms with Gasteiger partial charge in [-0.3, -0.25) is 4.68 Å². The van der Waals surface area contributed by atoms with E-state index in [9.17, 15) is 0 Å². The van der Waals surface area contributed by atoms with Gasteiger partial charge in [0, 0.05) is 17.6 Å². The first-order valence-corrected chi connectivity index (χ1v) is 7.08. The number of nitrogens with two attached hydrogens (primary N) is 1. The zero-order valence-electron chi connectivity index (χ0n) is 11.1. The van der Waals surface area contributed by atoms with E-state index in [2.05, 4.69) is 28.0 Å². The smallest absolute Gasteiger partial charge is 0.165 e. The molecule has 0 radical (unpaired) electrons. The van der Waals surface area contributed by atoms with Crippen molar-refractivity contribution in [2.24, 2.45) is 12.8 Å². The van der Waals surface area contributed by atoms with E-state index in [0.29, 0.717) is 0 Å². The Bertz CT molecular complexity index is 553. The second kappa shape index (κ2) is 6.21. The van der Waals surface area contributed by atoms with E-state index in [1.807, 2.05) is 31.4 Å². The third-order valence-electron chi connectivity index (χ3n) is 2.94. The van der Waals surface area contributed by atoms with E-state index in [0.717, 1.165) is 34.4 Å². The standard InChI is InChI=1S/C14H18BrN3O/c1-3-12(16)6-10-4-5-11(15)7-14(10)19-13-8-17-18(2)9-13/h4-5,7-9,12H,3,6,16H2,1-2H3. The Kier molecular flexibility index (Phi) is 4.61. The highest BCUT2D eigenvalue weighted by Crippen LogP contribution is 2.29. The van der Waals surface area contributed by atoms with Crippen LogP contribution in [0.2, 0.25) is 0 Å². The summed E-state index contributed by atoms with van der Waals surface area (Å²) in [5.41, 5.74) is 7.14. The number of halogens is 1. The van der Waals surface area contributed by atoms with Crippen molar-refractivity contribution in [2.45, 2.75) is 25.8 Å². The van der Waals surface area contributed by atoms with Crippen LogP contribution in [0.5, 0.6) is 11.5 Å². The van der Waals surface area contributed by atoms with E-state index in [1.54, 1.807) is 10.9 Å². The van der Waals surface area contributed by atoms with Crippen LogP contribution < -0.4 is 10.5 Å². The quantitative estimate of drug-likeness (QED) is 0.918. The second-order valence-corrected chi connectivity index (χ2v) is 5.49. The Morgan fingerprint density at radius 1 is 1.47 bits per heavy atom. The predicted octanol–water partition coefficient (Wildman–Crippen LogP) is 3.25. The summed E-state index contributed by atoms with van der Waals surface area (Å²) in [6, 6.07) is 6.17.